The van der Waals surface area contributed by atoms with Crippen LogP contribution in [0, 0.1) is 30.3 Å². The molecule has 0 N–H and O–H groups in total. The Hall–Kier alpha value is -4.00. The summed E-state index contributed by atoms with van der Waals surface area (Å²) >= 11 is 0. The first-order chi connectivity index (χ1) is 17.0. The Labute approximate surface area is 211 Å². The third kappa shape index (κ3) is 4.86. The lowest BCUT2D eigenvalue weighted by Crippen LogP contribution is -2.18. The molecule has 0 amide bonds. The fourth-order valence-corrected chi connectivity index (χ4v) is 8.98. The van der Waals surface area contributed by atoms with Crippen LogP contribution in [0.3, 0.4) is 0 Å². The van der Waals surface area contributed by atoms with E-state index in [1.54, 1.807) is 0 Å². The fourth-order valence-electron chi connectivity index (χ4n) is 3.27. The first kappa shape index (κ1) is 27.6. The van der Waals surface area contributed by atoms with Gasteiger partial charge in [0, 0.05) is 28.9 Å². The summed E-state index contributed by atoms with van der Waals surface area (Å²) in [4.78, 5) is 23.5. The van der Waals surface area contributed by atoms with Crippen LogP contribution in [-0.2, 0) is 28.7 Å². The molecule has 0 fully saturated rings. The van der Waals surface area contributed by atoms with E-state index < -0.39 is 85.0 Å². The molecule has 3 rings (SSSR count). The molecular weight excluding hydrogens is 582 g/mol. The van der Waals surface area contributed by atoms with Crippen LogP contribution in [0.25, 0.3) is 0 Å². The third-order valence-electron chi connectivity index (χ3n) is 4.76. The minimum absolute atomic E-state index is 0.329. The van der Waals surface area contributed by atoms with Gasteiger partial charge in [0.25, 0.3) is 26.1 Å². The van der Waals surface area contributed by atoms with Crippen molar-refractivity contribution >= 4 is 56.5 Å². The highest BCUT2D eigenvalue weighted by atomic mass is 35.7. The molecule has 37 heavy (non-hydrogen) atoms. The van der Waals surface area contributed by atoms with Gasteiger partial charge in [0.2, 0.25) is 19.7 Å². The summed E-state index contributed by atoms with van der Waals surface area (Å²) in [6, 6.07) is 7.43. The summed E-state index contributed by atoms with van der Waals surface area (Å²) in [6.45, 7) is 0. The summed E-state index contributed by atoms with van der Waals surface area (Å²) in [5, 5.41) is 34.7. The van der Waals surface area contributed by atoms with Crippen LogP contribution in [0.4, 0.5) is 17.1 Å². The van der Waals surface area contributed by atoms with Crippen LogP contribution in [0.5, 0.6) is 0 Å². The van der Waals surface area contributed by atoms with Crippen LogP contribution in [0.2, 0.25) is 0 Å². The van der Waals surface area contributed by atoms with Crippen LogP contribution < -0.4 is 0 Å². The largest absolute Gasteiger partial charge is 0.289 e. The van der Waals surface area contributed by atoms with Crippen LogP contribution in [0.15, 0.2) is 85.1 Å². The zero-order chi connectivity index (χ0) is 27.9. The molecule has 0 aliphatic heterocycles. The van der Waals surface area contributed by atoms with Gasteiger partial charge in [-0.25, -0.2) is 25.3 Å². The lowest BCUT2D eigenvalue weighted by Gasteiger charge is -2.15. The topological polar surface area (TPSA) is 232 Å². The molecule has 0 aliphatic rings. The van der Waals surface area contributed by atoms with Crippen molar-refractivity contribution < 1.29 is 40.0 Å². The number of hydrogen-bond acceptors (Lipinski definition) is 12. The highest BCUT2D eigenvalue weighted by Gasteiger charge is 2.44. The Morgan fingerprint density at radius 1 is 0.514 bits per heavy atom. The number of para-hydroxylation sites is 2. The van der Waals surface area contributed by atoms with Gasteiger partial charge < -0.3 is 0 Å². The molecule has 0 unspecified atom stereocenters. The lowest BCUT2D eigenvalue weighted by molar-refractivity contribution is -0.388. The molecule has 3 aromatic rings. The number of halogens is 1. The number of nitrogens with zero attached hydrogens (tertiary/aromatic N) is 3. The standard InChI is InChI=1S/C18H10ClN3O12S3/c19-37(33,34)16-10-9-13(22(27)28)17(35(29,30)14-7-3-1-5-11(14)20(23)24)18(16)36(31,32)15-8-4-2-6-12(15)21(25)26/h1-10H. The SMILES string of the molecule is O=[N+]([O-])c1ccccc1S(=O)(=O)c1c([N+](=O)[O-])ccc(S(=O)(=O)Cl)c1S(=O)(=O)c1ccccc1[N+](=O)[O-]. The van der Waals surface area contributed by atoms with E-state index in [0.717, 1.165) is 24.3 Å². The molecule has 194 valence electrons. The van der Waals surface area contributed by atoms with Crippen molar-refractivity contribution in [3.63, 3.8) is 0 Å². The van der Waals surface area contributed by atoms with Crippen LogP contribution in [-0.4, -0.2) is 40.0 Å². The summed E-state index contributed by atoms with van der Waals surface area (Å²) in [5.41, 5.74) is -3.73. The summed E-state index contributed by atoms with van der Waals surface area (Å²) < 4.78 is 79.2. The molecule has 0 spiro atoms. The first-order valence-electron chi connectivity index (χ1n) is 9.26. The molecule has 15 nitrogen and oxygen atoms in total. The summed E-state index contributed by atoms with van der Waals surface area (Å²) in [7, 11) is -11.0. The number of hydrogen-bond donors (Lipinski definition) is 0. The quantitative estimate of drug-likeness (QED) is 0.209. The minimum Gasteiger partial charge on any atom is -0.258 e. The third-order valence-corrected chi connectivity index (χ3v) is 10.1. The molecule has 0 saturated heterocycles. The van der Waals surface area contributed by atoms with Crippen molar-refractivity contribution in [2.45, 2.75) is 24.5 Å². The molecular formula is C18H10ClN3O12S3. The van der Waals surface area contributed by atoms with E-state index in [9.17, 15) is 55.6 Å². The van der Waals surface area contributed by atoms with Crippen LogP contribution >= 0.6 is 10.7 Å². The predicted octanol–water partition coefficient (Wildman–Crippen LogP) is 3.00. The Kier molecular flexibility index (Phi) is 7.06. The van der Waals surface area contributed by atoms with E-state index in [0.29, 0.717) is 36.4 Å². The molecule has 0 bridgehead atoms. The molecule has 0 saturated carbocycles. The van der Waals surface area contributed by atoms with Crippen molar-refractivity contribution in [2.75, 3.05) is 0 Å². The van der Waals surface area contributed by atoms with Gasteiger partial charge in [0.1, 0.15) is 19.6 Å². The molecule has 0 heterocycles. The molecule has 0 radical (unpaired) electrons. The van der Waals surface area contributed by atoms with Crippen molar-refractivity contribution in [1.29, 1.82) is 0 Å². The normalized spacial score (nSPS) is 12.1. The van der Waals surface area contributed by atoms with Gasteiger partial charge in [0.05, 0.1) is 14.8 Å². The van der Waals surface area contributed by atoms with Crippen molar-refractivity contribution in [2.24, 2.45) is 0 Å². The molecule has 0 aliphatic carbocycles. The van der Waals surface area contributed by atoms with Gasteiger partial charge in [-0.1, -0.05) is 24.3 Å². The van der Waals surface area contributed by atoms with Gasteiger partial charge in [-0.3, -0.25) is 30.3 Å². The number of benzene rings is 3. The maximum Gasteiger partial charge on any atom is 0.289 e. The van der Waals surface area contributed by atoms with Gasteiger partial charge in [-0.15, -0.1) is 0 Å². The average Bonchev–Trinajstić information content (AvgIpc) is 2.82. The highest BCUT2D eigenvalue weighted by Crippen LogP contribution is 2.44. The first-order valence-corrected chi connectivity index (χ1v) is 14.5. The predicted molar refractivity (Wildman–Crippen MR) is 123 cm³/mol. The number of nitro groups is 3. The van der Waals surface area contributed by atoms with Gasteiger partial charge >= 0.3 is 0 Å². The van der Waals surface area contributed by atoms with E-state index in [-0.39, 0.29) is 0 Å². The molecule has 0 atom stereocenters. The number of sulfone groups is 2. The zero-order valence-corrected chi connectivity index (χ0v) is 20.8. The van der Waals surface area contributed by atoms with Gasteiger partial charge in [-0.05, 0) is 18.2 Å². The highest BCUT2D eigenvalue weighted by molar-refractivity contribution is 8.14. The molecule has 19 heteroatoms. The Morgan fingerprint density at radius 2 is 0.892 bits per heavy atom. The summed E-state index contributed by atoms with van der Waals surface area (Å²) in [5.74, 6) is 0. The van der Waals surface area contributed by atoms with Crippen molar-refractivity contribution in [3.05, 3.63) is 91.0 Å². The molecule has 3 aromatic carbocycles. The monoisotopic (exact) mass is 591 g/mol. The fraction of sp³-hybridized carbons (Fsp3) is 0. The Morgan fingerprint density at radius 3 is 1.27 bits per heavy atom. The van der Waals surface area contributed by atoms with Gasteiger partial charge in [-0.2, -0.15) is 0 Å². The van der Waals surface area contributed by atoms with Crippen LogP contribution in [0.1, 0.15) is 0 Å². The second-order valence-corrected chi connectivity index (χ2v) is 13.1. The number of nitro benzene ring substituents is 3. The minimum atomic E-state index is -5.60. The van der Waals surface area contributed by atoms with Gasteiger partial charge in [0.15, 0.2) is 4.90 Å². The van der Waals surface area contributed by atoms with Crippen molar-refractivity contribution in [3.8, 4) is 0 Å². The van der Waals surface area contributed by atoms with E-state index in [4.69, 9.17) is 10.7 Å². The average molecular weight is 592 g/mol. The van der Waals surface area contributed by atoms with E-state index in [1.807, 2.05) is 0 Å². The maximum atomic E-state index is 13.7. The second-order valence-electron chi connectivity index (χ2n) is 6.89. The van der Waals surface area contributed by atoms with E-state index in [1.165, 1.54) is 0 Å². The smallest absolute Gasteiger partial charge is 0.258 e. The van der Waals surface area contributed by atoms with E-state index in [2.05, 4.69) is 0 Å². The Balaban J connectivity index is 2.68. The van der Waals surface area contributed by atoms with E-state index >= 15 is 0 Å². The second kappa shape index (κ2) is 9.47. The Bertz CT molecular complexity index is 1820. The maximum absolute atomic E-state index is 13.7. The zero-order valence-electron chi connectivity index (χ0n) is 17.6. The lowest BCUT2D eigenvalue weighted by atomic mass is 10.3. The summed E-state index contributed by atoms with van der Waals surface area (Å²) in [6.07, 6.45) is 0. The van der Waals surface area contributed by atoms with Crippen molar-refractivity contribution in [1.82, 2.24) is 0 Å². The number of rotatable bonds is 8. The molecule has 0 aromatic heterocycles.